The molecule has 1 saturated heterocycles. The van der Waals surface area contributed by atoms with Gasteiger partial charge in [-0.05, 0) is 19.1 Å². The van der Waals surface area contributed by atoms with Crippen LogP contribution in [0, 0.1) is 10.1 Å². The number of benzene rings is 1. The molecule has 0 unspecified atom stereocenters. The van der Waals surface area contributed by atoms with E-state index in [-0.39, 0.29) is 22.7 Å². The summed E-state index contributed by atoms with van der Waals surface area (Å²) in [5.74, 6) is -0.188. The van der Waals surface area contributed by atoms with Crippen molar-refractivity contribution in [1.82, 2.24) is 4.90 Å². The number of morpholine rings is 1. The molecule has 1 aliphatic heterocycles. The first-order valence-corrected chi connectivity index (χ1v) is 6.21. The topological polar surface area (TPSA) is 72.7 Å². The van der Waals surface area contributed by atoms with Crippen LogP contribution in [0.2, 0.25) is 5.02 Å². The molecule has 1 atom stereocenters. The van der Waals surface area contributed by atoms with Gasteiger partial charge in [-0.3, -0.25) is 14.9 Å². The predicted octanol–water partition coefficient (Wildman–Crippen LogP) is 2.11. The molecule has 1 aromatic rings. The van der Waals surface area contributed by atoms with Crippen molar-refractivity contribution < 1.29 is 14.5 Å². The molecule has 0 N–H and O–H groups in total. The molecule has 6 nitrogen and oxygen atoms in total. The maximum absolute atomic E-state index is 12.2. The summed E-state index contributed by atoms with van der Waals surface area (Å²) >= 11 is 5.80. The lowest BCUT2D eigenvalue weighted by Gasteiger charge is -2.31. The average molecular weight is 285 g/mol. The van der Waals surface area contributed by atoms with Gasteiger partial charge in [0.15, 0.2) is 0 Å². The van der Waals surface area contributed by atoms with Crippen LogP contribution in [-0.4, -0.2) is 41.5 Å². The molecule has 2 rings (SSSR count). The van der Waals surface area contributed by atoms with Crippen molar-refractivity contribution >= 4 is 23.2 Å². The summed E-state index contributed by atoms with van der Waals surface area (Å²) in [6, 6.07) is 4.01. The number of nitro benzene ring substituents is 1. The largest absolute Gasteiger partial charge is 0.375 e. The number of hydrogen-bond acceptors (Lipinski definition) is 4. The van der Waals surface area contributed by atoms with Crippen LogP contribution in [0.5, 0.6) is 0 Å². The molecule has 0 radical (unpaired) electrons. The molecule has 102 valence electrons. The van der Waals surface area contributed by atoms with Crippen LogP contribution in [0.15, 0.2) is 18.2 Å². The number of nitro groups is 1. The van der Waals surface area contributed by atoms with Gasteiger partial charge in [-0.25, -0.2) is 0 Å². The predicted molar refractivity (Wildman–Crippen MR) is 69.4 cm³/mol. The van der Waals surface area contributed by atoms with Crippen molar-refractivity contribution in [1.29, 1.82) is 0 Å². The molecular formula is C12H13ClN2O4. The number of rotatable bonds is 2. The van der Waals surface area contributed by atoms with E-state index in [9.17, 15) is 14.9 Å². The Labute approximate surface area is 115 Å². The zero-order chi connectivity index (χ0) is 14.0. The summed E-state index contributed by atoms with van der Waals surface area (Å²) in [4.78, 5) is 24.0. The van der Waals surface area contributed by atoms with Crippen molar-refractivity contribution in [2.75, 3.05) is 19.7 Å². The zero-order valence-electron chi connectivity index (χ0n) is 10.3. The molecular weight excluding hydrogens is 272 g/mol. The molecule has 0 bridgehead atoms. The molecule has 19 heavy (non-hydrogen) atoms. The van der Waals surface area contributed by atoms with Gasteiger partial charge in [0.1, 0.15) is 5.02 Å². The van der Waals surface area contributed by atoms with E-state index in [0.717, 1.165) is 0 Å². The van der Waals surface area contributed by atoms with E-state index in [1.807, 2.05) is 6.92 Å². The first-order chi connectivity index (χ1) is 8.99. The minimum Gasteiger partial charge on any atom is -0.375 e. The third kappa shape index (κ3) is 3.02. The van der Waals surface area contributed by atoms with Crippen molar-refractivity contribution in [2.45, 2.75) is 13.0 Å². The van der Waals surface area contributed by atoms with Gasteiger partial charge in [-0.1, -0.05) is 11.6 Å². The van der Waals surface area contributed by atoms with E-state index in [2.05, 4.69) is 0 Å². The summed E-state index contributed by atoms with van der Waals surface area (Å²) in [5, 5.41) is 10.6. The first-order valence-electron chi connectivity index (χ1n) is 5.84. The zero-order valence-corrected chi connectivity index (χ0v) is 11.1. The van der Waals surface area contributed by atoms with Gasteiger partial charge >= 0.3 is 0 Å². The molecule has 0 aliphatic carbocycles. The van der Waals surface area contributed by atoms with Gasteiger partial charge in [-0.15, -0.1) is 0 Å². The second-order valence-corrected chi connectivity index (χ2v) is 4.76. The van der Waals surface area contributed by atoms with Gasteiger partial charge in [0.25, 0.3) is 11.6 Å². The monoisotopic (exact) mass is 284 g/mol. The lowest BCUT2D eigenvalue weighted by atomic mass is 10.1. The highest BCUT2D eigenvalue weighted by Crippen LogP contribution is 2.25. The van der Waals surface area contributed by atoms with E-state index in [0.29, 0.717) is 25.3 Å². The number of carbonyl (C=O) groups excluding carboxylic acids is 1. The smallest absolute Gasteiger partial charge is 0.287 e. The highest BCUT2D eigenvalue weighted by molar-refractivity contribution is 6.33. The van der Waals surface area contributed by atoms with Gasteiger partial charge in [-0.2, -0.15) is 0 Å². The average Bonchev–Trinajstić information content (AvgIpc) is 2.37. The maximum atomic E-state index is 12.2. The van der Waals surface area contributed by atoms with Crippen LogP contribution >= 0.6 is 11.6 Å². The Morgan fingerprint density at radius 2 is 2.32 bits per heavy atom. The van der Waals surface area contributed by atoms with Crippen LogP contribution < -0.4 is 0 Å². The molecule has 1 heterocycles. The molecule has 1 aliphatic rings. The number of hydrogen-bond donors (Lipinski definition) is 0. The Morgan fingerprint density at radius 3 is 2.89 bits per heavy atom. The maximum Gasteiger partial charge on any atom is 0.287 e. The molecule has 1 fully saturated rings. The lowest BCUT2D eigenvalue weighted by Crippen LogP contribution is -2.44. The number of carbonyl (C=O) groups is 1. The fourth-order valence-corrected chi connectivity index (χ4v) is 2.22. The van der Waals surface area contributed by atoms with E-state index in [1.165, 1.54) is 18.2 Å². The van der Waals surface area contributed by atoms with E-state index < -0.39 is 4.92 Å². The molecule has 1 aromatic carbocycles. The first kappa shape index (κ1) is 13.8. The van der Waals surface area contributed by atoms with Crippen LogP contribution in [0.1, 0.15) is 17.3 Å². The summed E-state index contributed by atoms with van der Waals surface area (Å²) in [7, 11) is 0. The van der Waals surface area contributed by atoms with Gasteiger partial charge in [0.2, 0.25) is 0 Å². The van der Waals surface area contributed by atoms with E-state index >= 15 is 0 Å². The van der Waals surface area contributed by atoms with E-state index in [1.54, 1.807) is 4.90 Å². The van der Waals surface area contributed by atoms with Gasteiger partial charge < -0.3 is 9.64 Å². The standard InChI is InChI=1S/C12H13ClN2O4/c1-8-7-14(4-5-19-8)12(16)9-2-3-11(15(17)18)10(13)6-9/h2-3,6,8H,4-5,7H2,1H3/t8-/m0/s1. The van der Waals surface area contributed by atoms with Crippen molar-refractivity contribution in [3.05, 3.63) is 38.9 Å². The van der Waals surface area contributed by atoms with Crippen LogP contribution in [0.25, 0.3) is 0 Å². The molecule has 1 amide bonds. The number of halogens is 1. The van der Waals surface area contributed by atoms with Crippen LogP contribution in [0.4, 0.5) is 5.69 Å². The normalized spacial score (nSPS) is 19.3. The highest BCUT2D eigenvalue weighted by atomic mass is 35.5. The third-order valence-electron chi connectivity index (χ3n) is 2.92. The lowest BCUT2D eigenvalue weighted by molar-refractivity contribution is -0.384. The quantitative estimate of drug-likeness (QED) is 0.616. The Bertz CT molecular complexity index is 520. The van der Waals surface area contributed by atoms with Crippen molar-refractivity contribution in [2.24, 2.45) is 0 Å². The molecule has 7 heteroatoms. The minimum absolute atomic E-state index is 0.00813. The second-order valence-electron chi connectivity index (χ2n) is 4.36. The molecule has 0 aromatic heterocycles. The fraction of sp³-hybridized carbons (Fsp3) is 0.417. The SMILES string of the molecule is C[C@H]1CN(C(=O)c2ccc([N+](=O)[O-])c(Cl)c2)CCO1. The van der Waals surface area contributed by atoms with Gasteiger partial charge in [0.05, 0.1) is 17.6 Å². The Morgan fingerprint density at radius 1 is 1.58 bits per heavy atom. The highest BCUT2D eigenvalue weighted by Gasteiger charge is 2.24. The van der Waals surface area contributed by atoms with Gasteiger partial charge in [0, 0.05) is 24.7 Å². The third-order valence-corrected chi connectivity index (χ3v) is 3.22. The Hall–Kier alpha value is -1.66. The Kier molecular flexibility index (Phi) is 4.01. The number of ether oxygens (including phenoxy) is 1. The summed E-state index contributed by atoms with van der Waals surface area (Å²) in [6.07, 6.45) is -0.00813. The number of nitrogens with zero attached hydrogens (tertiary/aromatic N) is 2. The minimum atomic E-state index is -0.576. The van der Waals surface area contributed by atoms with Crippen LogP contribution in [-0.2, 0) is 4.74 Å². The molecule has 0 spiro atoms. The van der Waals surface area contributed by atoms with Crippen molar-refractivity contribution in [3.8, 4) is 0 Å². The van der Waals surface area contributed by atoms with Crippen LogP contribution in [0.3, 0.4) is 0 Å². The van der Waals surface area contributed by atoms with Crippen molar-refractivity contribution in [3.63, 3.8) is 0 Å². The molecule has 0 saturated carbocycles. The Balaban J connectivity index is 2.19. The summed E-state index contributed by atoms with van der Waals surface area (Å²) < 4.78 is 5.36. The number of amides is 1. The summed E-state index contributed by atoms with van der Waals surface area (Å²) in [6.45, 7) is 3.40. The van der Waals surface area contributed by atoms with E-state index in [4.69, 9.17) is 16.3 Å². The fourth-order valence-electron chi connectivity index (χ4n) is 1.97. The summed E-state index contributed by atoms with van der Waals surface area (Å²) in [5.41, 5.74) is 0.151. The second kappa shape index (κ2) is 5.54.